The number of anilines is 2. The van der Waals surface area contributed by atoms with Crippen LogP contribution in [0.3, 0.4) is 0 Å². The van der Waals surface area contributed by atoms with Crippen LogP contribution >= 0.6 is 11.6 Å². The van der Waals surface area contributed by atoms with Gasteiger partial charge in [0.2, 0.25) is 0 Å². The molecule has 6 nitrogen and oxygen atoms in total. The third-order valence-corrected chi connectivity index (χ3v) is 6.44. The minimum absolute atomic E-state index is 0.214. The molecule has 0 unspecified atom stereocenters. The van der Waals surface area contributed by atoms with Crippen molar-refractivity contribution in [3.8, 4) is 6.07 Å². The number of nitrogens with zero attached hydrogens (tertiary/aromatic N) is 4. The van der Waals surface area contributed by atoms with Crippen LogP contribution in [0, 0.1) is 18.3 Å². The lowest BCUT2D eigenvalue weighted by atomic mass is 10.1. The summed E-state index contributed by atoms with van der Waals surface area (Å²) in [7, 11) is 0. The Balaban J connectivity index is 1.58. The van der Waals surface area contributed by atoms with E-state index in [-0.39, 0.29) is 5.56 Å². The van der Waals surface area contributed by atoms with E-state index in [2.05, 4.69) is 21.3 Å². The van der Waals surface area contributed by atoms with Crippen LogP contribution < -0.4 is 21.0 Å². The number of halogens is 1. The van der Waals surface area contributed by atoms with E-state index in [1.165, 1.54) is 23.7 Å². The SMILES string of the molecule is Cc1c(C#N)c2nc3ccccc3n2c(=O)/c1=C\Nc1ccc(N2CCCCC2)c(Cl)c1. The molecule has 7 heteroatoms. The first kappa shape index (κ1) is 20.3. The van der Waals surface area contributed by atoms with E-state index in [9.17, 15) is 10.1 Å². The molecule has 1 N–H and O–H groups in total. The molecule has 0 saturated carbocycles. The number of hydrogen-bond donors (Lipinski definition) is 1. The van der Waals surface area contributed by atoms with Crippen LogP contribution in [0.4, 0.5) is 11.4 Å². The number of hydrogen-bond acceptors (Lipinski definition) is 5. The van der Waals surface area contributed by atoms with Crippen LogP contribution in [0.15, 0.2) is 47.3 Å². The van der Waals surface area contributed by atoms with Gasteiger partial charge in [-0.15, -0.1) is 0 Å². The summed E-state index contributed by atoms with van der Waals surface area (Å²) in [6.45, 7) is 3.82. The Kier molecular flexibility index (Phi) is 5.20. The molecule has 0 radical (unpaired) electrons. The van der Waals surface area contributed by atoms with E-state index in [1.54, 1.807) is 13.1 Å². The number of fused-ring (bicyclic) bond motifs is 3. The second-order valence-corrected chi connectivity index (χ2v) is 8.50. The van der Waals surface area contributed by atoms with Crippen LogP contribution in [-0.2, 0) is 0 Å². The van der Waals surface area contributed by atoms with Crippen molar-refractivity contribution in [2.45, 2.75) is 26.2 Å². The lowest BCUT2D eigenvalue weighted by Gasteiger charge is -2.29. The van der Waals surface area contributed by atoms with E-state index in [0.717, 1.165) is 24.5 Å². The topological polar surface area (TPSA) is 73.4 Å². The fraction of sp³-hybridized carbons (Fsp3) is 0.240. The maximum Gasteiger partial charge on any atom is 0.265 e. The number of piperidine rings is 1. The predicted molar refractivity (Wildman–Crippen MR) is 129 cm³/mol. The highest BCUT2D eigenvalue weighted by Gasteiger charge is 2.16. The smallest absolute Gasteiger partial charge is 0.265 e. The molecule has 2 aromatic carbocycles. The Morgan fingerprint density at radius 1 is 1.16 bits per heavy atom. The van der Waals surface area contributed by atoms with Gasteiger partial charge in [0.25, 0.3) is 5.56 Å². The maximum atomic E-state index is 13.4. The summed E-state index contributed by atoms with van der Waals surface area (Å²) >= 11 is 6.57. The first-order valence-electron chi connectivity index (χ1n) is 10.7. The molecule has 160 valence electrons. The van der Waals surface area contributed by atoms with Gasteiger partial charge < -0.3 is 10.2 Å². The van der Waals surface area contributed by atoms with Gasteiger partial charge in [0.05, 0.1) is 32.5 Å². The number of aromatic nitrogens is 2. The first-order valence-corrected chi connectivity index (χ1v) is 11.1. The number of benzene rings is 2. The fourth-order valence-electron chi connectivity index (χ4n) is 4.43. The molecule has 2 aromatic heterocycles. The molecular weight excluding hydrogens is 422 g/mol. The minimum Gasteiger partial charge on any atom is -0.370 e. The summed E-state index contributed by atoms with van der Waals surface area (Å²) in [6, 6.07) is 15.5. The Morgan fingerprint density at radius 2 is 1.94 bits per heavy atom. The summed E-state index contributed by atoms with van der Waals surface area (Å²) in [6.07, 6.45) is 5.28. The van der Waals surface area contributed by atoms with Gasteiger partial charge in [0, 0.05) is 25.0 Å². The Morgan fingerprint density at radius 3 is 2.69 bits per heavy atom. The summed E-state index contributed by atoms with van der Waals surface area (Å²) < 4.78 is 1.51. The van der Waals surface area contributed by atoms with Gasteiger partial charge in [-0.3, -0.25) is 9.20 Å². The molecule has 0 bridgehead atoms. The summed E-state index contributed by atoms with van der Waals surface area (Å²) in [4.78, 5) is 20.2. The highest BCUT2D eigenvalue weighted by molar-refractivity contribution is 6.33. The maximum absolute atomic E-state index is 13.4. The van der Waals surface area contributed by atoms with Crippen LogP contribution in [0.25, 0.3) is 22.9 Å². The van der Waals surface area contributed by atoms with Crippen molar-refractivity contribution < 1.29 is 0 Å². The van der Waals surface area contributed by atoms with Crippen LogP contribution in [0.1, 0.15) is 30.4 Å². The standard InChI is InChI=1S/C25H22ClN5O/c1-16-18(14-27)24-29-21-7-3-4-8-23(21)31(24)25(32)19(16)15-28-17-9-10-22(20(26)13-17)30-11-5-2-6-12-30/h3-4,7-10,13,15,28H,2,5-6,11-12H2,1H3/b19-15-. The lowest BCUT2D eigenvalue weighted by molar-refractivity contribution is 0.578. The zero-order valence-corrected chi connectivity index (χ0v) is 18.5. The number of nitrogens with one attached hydrogen (secondary N) is 1. The quantitative estimate of drug-likeness (QED) is 0.512. The normalized spacial score (nSPS) is 14.8. The number of nitriles is 1. The molecule has 1 aliphatic heterocycles. The van der Waals surface area contributed by atoms with Gasteiger partial charge in [-0.05, 0) is 62.1 Å². The van der Waals surface area contributed by atoms with Gasteiger partial charge in [0.1, 0.15) is 6.07 Å². The predicted octanol–water partition coefficient (Wildman–Crippen LogP) is 4.24. The third kappa shape index (κ3) is 3.35. The minimum atomic E-state index is -0.214. The molecule has 0 spiro atoms. The zero-order valence-electron chi connectivity index (χ0n) is 17.7. The number of para-hydroxylation sites is 2. The summed E-state index contributed by atoms with van der Waals surface area (Å²) in [5, 5.41) is 14.1. The lowest BCUT2D eigenvalue weighted by Crippen LogP contribution is -2.34. The zero-order chi connectivity index (χ0) is 22.2. The highest BCUT2D eigenvalue weighted by atomic mass is 35.5. The van der Waals surface area contributed by atoms with Crippen LogP contribution in [0.5, 0.6) is 0 Å². The average molecular weight is 444 g/mol. The van der Waals surface area contributed by atoms with E-state index >= 15 is 0 Å². The molecule has 3 heterocycles. The van der Waals surface area contributed by atoms with E-state index in [4.69, 9.17) is 11.6 Å². The molecule has 5 rings (SSSR count). The van der Waals surface area contributed by atoms with Crippen molar-refractivity contribution in [3.63, 3.8) is 0 Å². The van der Waals surface area contributed by atoms with Crippen molar-refractivity contribution >= 4 is 45.9 Å². The second-order valence-electron chi connectivity index (χ2n) is 8.09. The highest BCUT2D eigenvalue weighted by Crippen LogP contribution is 2.30. The largest absolute Gasteiger partial charge is 0.370 e. The fourth-order valence-corrected chi connectivity index (χ4v) is 4.73. The van der Waals surface area contributed by atoms with Gasteiger partial charge in [-0.2, -0.15) is 5.26 Å². The average Bonchev–Trinajstić information content (AvgIpc) is 3.19. The molecule has 0 atom stereocenters. The summed E-state index contributed by atoms with van der Waals surface area (Å²) in [5.74, 6) is 0. The van der Waals surface area contributed by atoms with Crippen molar-refractivity contribution in [1.29, 1.82) is 5.26 Å². The number of rotatable bonds is 3. The van der Waals surface area contributed by atoms with Gasteiger partial charge in [-0.25, -0.2) is 4.98 Å². The van der Waals surface area contributed by atoms with Crippen molar-refractivity contribution in [3.05, 3.63) is 74.2 Å². The Hall–Kier alpha value is -3.56. The number of imidazole rings is 1. The molecule has 1 saturated heterocycles. The number of pyridine rings is 1. The third-order valence-electron chi connectivity index (χ3n) is 6.14. The van der Waals surface area contributed by atoms with Gasteiger partial charge in [0.15, 0.2) is 5.65 Å². The van der Waals surface area contributed by atoms with Crippen molar-refractivity contribution in [2.75, 3.05) is 23.3 Å². The molecule has 0 aliphatic carbocycles. The Labute approximate surface area is 190 Å². The molecule has 32 heavy (non-hydrogen) atoms. The second kappa shape index (κ2) is 8.18. The monoisotopic (exact) mass is 443 g/mol. The molecular formula is C25H22ClN5O. The van der Waals surface area contributed by atoms with Crippen LogP contribution in [-0.4, -0.2) is 22.5 Å². The van der Waals surface area contributed by atoms with Gasteiger partial charge in [-0.1, -0.05) is 23.7 Å². The summed E-state index contributed by atoms with van der Waals surface area (Å²) in [5.41, 5.74) is 4.37. The Bertz CT molecular complexity index is 1500. The van der Waals surface area contributed by atoms with E-state index in [1.807, 2.05) is 42.5 Å². The van der Waals surface area contributed by atoms with Crippen molar-refractivity contribution in [2.24, 2.45) is 0 Å². The van der Waals surface area contributed by atoms with E-state index < -0.39 is 0 Å². The molecule has 4 aromatic rings. The van der Waals surface area contributed by atoms with Gasteiger partial charge >= 0.3 is 0 Å². The van der Waals surface area contributed by atoms with Crippen molar-refractivity contribution in [1.82, 2.24) is 9.38 Å². The first-order chi connectivity index (χ1) is 15.6. The van der Waals surface area contributed by atoms with Crippen LogP contribution in [0.2, 0.25) is 5.02 Å². The van der Waals surface area contributed by atoms with E-state index in [0.29, 0.717) is 38.0 Å². The molecule has 0 amide bonds. The molecule has 1 aliphatic rings. The molecule has 1 fully saturated rings.